The van der Waals surface area contributed by atoms with Crippen LogP contribution in [0.15, 0.2) is 29.3 Å². The van der Waals surface area contributed by atoms with Crippen molar-refractivity contribution in [2.75, 3.05) is 49.1 Å². The molecule has 2 aliphatic rings. The number of anilines is 1. The highest BCUT2D eigenvalue weighted by molar-refractivity contribution is 7.91. The van der Waals surface area contributed by atoms with E-state index in [2.05, 4.69) is 4.99 Å². The normalized spacial score (nSPS) is 24.4. The molecule has 0 aliphatic carbocycles. The quantitative estimate of drug-likeness (QED) is 0.638. The second-order valence-electron chi connectivity index (χ2n) is 6.39. The van der Waals surface area contributed by atoms with E-state index in [-0.39, 0.29) is 23.2 Å². The van der Waals surface area contributed by atoms with Crippen molar-refractivity contribution in [3.05, 3.63) is 30.1 Å². The molecule has 0 saturated carbocycles. The van der Waals surface area contributed by atoms with Gasteiger partial charge in [0.05, 0.1) is 17.2 Å². The highest BCUT2D eigenvalue weighted by Crippen LogP contribution is 2.21. The van der Waals surface area contributed by atoms with Crippen LogP contribution >= 0.6 is 0 Å². The zero-order valence-electron chi connectivity index (χ0n) is 13.6. The molecule has 3 rings (SSSR count). The van der Waals surface area contributed by atoms with Crippen molar-refractivity contribution >= 4 is 21.5 Å². The zero-order chi connectivity index (χ0) is 17.2. The number of sulfone groups is 1. The molecule has 0 radical (unpaired) electrons. The fourth-order valence-corrected chi connectivity index (χ4v) is 5.07. The van der Waals surface area contributed by atoms with Crippen molar-refractivity contribution in [2.45, 2.75) is 6.42 Å². The molecule has 0 amide bonds. The molecule has 2 fully saturated rings. The van der Waals surface area contributed by atoms with Crippen LogP contribution in [0.4, 0.5) is 10.1 Å². The number of benzene rings is 1. The van der Waals surface area contributed by atoms with Gasteiger partial charge in [-0.25, -0.2) is 12.8 Å². The lowest BCUT2D eigenvalue weighted by atomic mass is 10.1. The zero-order valence-corrected chi connectivity index (χ0v) is 14.4. The standard InChI is InChI=1S/C16H23FN4O2S/c17-14-3-1-2-4-15(14)20-6-8-21(9-7-20)16(18)19-11-13-5-10-24(22,23)12-13/h1-4,13H,5-12H2,(H2,18,19). The van der Waals surface area contributed by atoms with Crippen LogP contribution in [0.25, 0.3) is 0 Å². The van der Waals surface area contributed by atoms with Gasteiger partial charge in [0, 0.05) is 32.7 Å². The predicted molar refractivity (Wildman–Crippen MR) is 93.4 cm³/mol. The summed E-state index contributed by atoms with van der Waals surface area (Å²) in [5.74, 6) is 0.787. The molecular weight excluding hydrogens is 331 g/mol. The lowest BCUT2D eigenvalue weighted by Crippen LogP contribution is -2.51. The predicted octanol–water partition coefficient (Wildman–Crippen LogP) is 0.697. The van der Waals surface area contributed by atoms with E-state index in [9.17, 15) is 12.8 Å². The maximum absolute atomic E-state index is 13.8. The number of nitrogens with two attached hydrogens (primary N) is 1. The van der Waals surface area contributed by atoms with Crippen LogP contribution in [-0.4, -0.2) is 63.5 Å². The summed E-state index contributed by atoms with van der Waals surface area (Å²) in [4.78, 5) is 8.35. The Labute approximate surface area is 142 Å². The van der Waals surface area contributed by atoms with Gasteiger partial charge >= 0.3 is 0 Å². The first-order chi connectivity index (χ1) is 11.4. The number of hydrogen-bond donors (Lipinski definition) is 1. The van der Waals surface area contributed by atoms with Crippen LogP contribution in [0, 0.1) is 11.7 Å². The molecule has 1 aromatic rings. The summed E-state index contributed by atoms with van der Waals surface area (Å²) in [5.41, 5.74) is 6.66. The maximum atomic E-state index is 13.8. The molecule has 8 heteroatoms. The molecule has 2 saturated heterocycles. The molecule has 0 aromatic heterocycles. The number of nitrogens with zero attached hydrogens (tertiary/aromatic N) is 3. The van der Waals surface area contributed by atoms with Crippen molar-refractivity contribution in [1.82, 2.24) is 4.90 Å². The van der Waals surface area contributed by atoms with Gasteiger partial charge in [0.2, 0.25) is 0 Å². The first-order valence-corrected chi connectivity index (χ1v) is 10.0. The van der Waals surface area contributed by atoms with Gasteiger partial charge in [-0.1, -0.05) is 12.1 Å². The lowest BCUT2D eigenvalue weighted by molar-refractivity contribution is 0.377. The number of rotatable bonds is 3. The second-order valence-corrected chi connectivity index (χ2v) is 8.62. The molecule has 2 heterocycles. The molecule has 2 N–H and O–H groups in total. The molecule has 6 nitrogen and oxygen atoms in total. The van der Waals surface area contributed by atoms with Crippen molar-refractivity contribution in [3.63, 3.8) is 0 Å². The highest BCUT2D eigenvalue weighted by Gasteiger charge is 2.28. The van der Waals surface area contributed by atoms with Crippen LogP contribution in [0.2, 0.25) is 0 Å². The first-order valence-electron chi connectivity index (χ1n) is 8.19. The van der Waals surface area contributed by atoms with Gasteiger partial charge in [-0.3, -0.25) is 4.99 Å². The largest absolute Gasteiger partial charge is 0.370 e. The summed E-state index contributed by atoms with van der Waals surface area (Å²) in [7, 11) is -2.88. The van der Waals surface area contributed by atoms with E-state index in [1.165, 1.54) is 6.07 Å². The van der Waals surface area contributed by atoms with Crippen molar-refractivity contribution < 1.29 is 12.8 Å². The van der Waals surface area contributed by atoms with Crippen LogP contribution in [-0.2, 0) is 9.84 Å². The second kappa shape index (κ2) is 6.96. The van der Waals surface area contributed by atoms with Gasteiger partial charge in [0.1, 0.15) is 5.82 Å². The van der Waals surface area contributed by atoms with Crippen LogP contribution < -0.4 is 10.6 Å². The Morgan fingerprint density at radius 1 is 1.25 bits per heavy atom. The van der Waals surface area contributed by atoms with Gasteiger partial charge in [-0.15, -0.1) is 0 Å². The average molecular weight is 354 g/mol. The third-order valence-electron chi connectivity index (χ3n) is 4.64. The van der Waals surface area contributed by atoms with E-state index in [1.807, 2.05) is 15.9 Å². The Bertz CT molecular complexity index is 715. The third-order valence-corrected chi connectivity index (χ3v) is 6.47. The number of piperazine rings is 1. The molecule has 1 unspecified atom stereocenters. The number of hydrogen-bond acceptors (Lipinski definition) is 4. The van der Waals surface area contributed by atoms with Gasteiger partial charge in [-0.05, 0) is 24.5 Å². The summed E-state index contributed by atoms with van der Waals surface area (Å²) in [6.45, 7) is 3.15. The molecule has 1 atom stereocenters. The van der Waals surface area contributed by atoms with Crippen molar-refractivity contribution in [1.29, 1.82) is 0 Å². The number of para-hydroxylation sites is 1. The molecular formula is C16H23FN4O2S. The maximum Gasteiger partial charge on any atom is 0.191 e. The summed E-state index contributed by atoms with van der Waals surface area (Å²) in [5, 5.41) is 0. The average Bonchev–Trinajstić information content (AvgIpc) is 2.92. The molecule has 0 spiro atoms. The van der Waals surface area contributed by atoms with E-state index < -0.39 is 9.84 Å². The van der Waals surface area contributed by atoms with Crippen molar-refractivity contribution in [2.24, 2.45) is 16.6 Å². The minimum absolute atomic E-state index is 0.0771. The molecule has 1 aromatic carbocycles. The van der Waals surface area contributed by atoms with Gasteiger partial charge in [0.15, 0.2) is 15.8 Å². The SMILES string of the molecule is NC(=NCC1CCS(=O)(=O)C1)N1CCN(c2ccccc2F)CC1. The Kier molecular flexibility index (Phi) is 4.93. The van der Waals surface area contributed by atoms with E-state index in [0.29, 0.717) is 50.8 Å². The summed E-state index contributed by atoms with van der Waals surface area (Å²) in [6, 6.07) is 6.76. The molecule has 2 aliphatic heterocycles. The first kappa shape index (κ1) is 17.0. The monoisotopic (exact) mass is 354 g/mol. The number of guanidine groups is 1. The van der Waals surface area contributed by atoms with Crippen LogP contribution in [0.1, 0.15) is 6.42 Å². The molecule has 0 bridgehead atoms. The molecule has 24 heavy (non-hydrogen) atoms. The Hall–Kier alpha value is -1.83. The smallest absolute Gasteiger partial charge is 0.191 e. The van der Waals surface area contributed by atoms with E-state index in [4.69, 9.17) is 5.73 Å². The van der Waals surface area contributed by atoms with Crippen LogP contribution in [0.5, 0.6) is 0 Å². The third kappa shape index (κ3) is 3.98. The number of halogens is 1. The Balaban J connectivity index is 1.53. The summed E-state index contributed by atoms with van der Waals surface area (Å²) in [6.07, 6.45) is 0.667. The molecule has 132 valence electrons. The van der Waals surface area contributed by atoms with Crippen LogP contribution in [0.3, 0.4) is 0 Å². The fraction of sp³-hybridized carbons (Fsp3) is 0.562. The van der Waals surface area contributed by atoms with E-state index in [0.717, 1.165) is 0 Å². The lowest BCUT2D eigenvalue weighted by Gasteiger charge is -2.36. The minimum atomic E-state index is -2.88. The Morgan fingerprint density at radius 2 is 1.96 bits per heavy atom. The van der Waals surface area contributed by atoms with Crippen molar-refractivity contribution in [3.8, 4) is 0 Å². The topological polar surface area (TPSA) is 79.0 Å². The number of aliphatic imine (C=N–C) groups is 1. The highest BCUT2D eigenvalue weighted by atomic mass is 32.2. The van der Waals surface area contributed by atoms with E-state index in [1.54, 1.807) is 12.1 Å². The fourth-order valence-electron chi connectivity index (χ4n) is 3.22. The Morgan fingerprint density at radius 3 is 2.58 bits per heavy atom. The van der Waals surface area contributed by atoms with Gasteiger partial charge in [0.25, 0.3) is 0 Å². The van der Waals surface area contributed by atoms with Gasteiger partial charge in [-0.2, -0.15) is 0 Å². The summed E-state index contributed by atoms with van der Waals surface area (Å²) < 4.78 is 36.8. The minimum Gasteiger partial charge on any atom is -0.370 e. The van der Waals surface area contributed by atoms with E-state index >= 15 is 0 Å². The van der Waals surface area contributed by atoms with Gasteiger partial charge < -0.3 is 15.5 Å². The summed E-state index contributed by atoms with van der Waals surface area (Å²) >= 11 is 0.